The number of unbranched alkanes of at least 4 members (excludes halogenated alkanes) is 7. The SMILES string of the molecule is CCCCCCCCCCC(O)CN1C(=O)OC[C@@H]1Cc1ccccc1. The second-order valence-electron chi connectivity index (χ2n) is 7.49. The summed E-state index contributed by atoms with van der Waals surface area (Å²) in [5.74, 6) is 0. The summed E-state index contributed by atoms with van der Waals surface area (Å²) in [5, 5.41) is 10.3. The third kappa shape index (κ3) is 7.36. The topological polar surface area (TPSA) is 49.8 Å². The predicted octanol–water partition coefficient (Wildman–Crippen LogP) is 4.94. The lowest BCUT2D eigenvalue weighted by molar-refractivity contribution is 0.102. The molecule has 1 aromatic rings. The van der Waals surface area contributed by atoms with Gasteiger partial charge in [0.2, 0.25) is 0 Å². The molecule has 2 atom stereocenters. The van der Waals surface area contributed by atoms with Crippen LogP contribution < -0.4 is 0 Å². The monoisotopic (exact) mass is 361 g/mol. The first-order chi connectivity index (χ1) is 12.7. The fourth-order valence-electron chi connectivity index (χ4n) is 3.60. The number of hydrogen-bond donors (Lipinski definition) is 1. The quantitative estimate of drug-likeness (QED) is 0.506. The van der Waals surface area contributed by atoms with E-state index in [1.54, 1.807) is 4.90 Å². The number of aliphatic hydroxyl groups is 1. The van der Waals surface area contributed by atoms with E-state index in [2.05, 4.69) is 19.1 Å². The van der Waals surface area contributed by atoms with E-state index >= 15 is 0 Å². The van der Waals surface area contributed by atoms with E-state index in [1.807, 2.05) is 18.2 Å². The standard InChI is InChI=1S/C22H35NO3/c1-2-3-4-5-6-7-8-12-15-21(24)17-23-20(18-26-22(23)25)16-19-13-10-9-11-14-19/h9-11,13-14,20-21,24H,2-8,12,15-18H2,1H3/t20-,21?/m0/s1. The summed E-state index contributed by atoms with van der Waals surface area (Å²) in [6.45, 7) is 3.03. The summed E-state index contributed by atoms with van der Waals surface area (Å²) in [6.07, 6.45) is 10.8. The molecule has 1 unspecified atom stereocenters. The van der Waals surface area contributed by atoms with Crippen molar-refractivity contribution in [2.75, 3.05) is 13.2 Å². The molecule has 1 N–H and O–H groups in total. The lowest BCUT2D eigenvalue weighted by Gasteiger charge is -2.24. The highest BCUT2D eigenvalue weighted by Gasteiger charge is 2.33. The Kier molecular flexibility index (Phi) is 9.54. The molecule has 0 saturated carbocycles. The van der Waals surface area contributed by atoms with Gasteiger partial charge in [0.25, 0.3) is 0 Å². The van der Waals surface area contributed by atoms with Crippen molar-refractivity contribution in [1.82, 2.24) is 4.90 Å². The number of amides is 1. The molecule has 26 heavy (non-hydrogen) atoms. The van der Waals surface area contributed by atoms with Crippen molar-refractivity contribution in [3.8, 4) is 0 Å². The zero-order chi connectivity index (χ0) is 18.6. The van der Waals surface area contributed by atoms with Gasteiger partial charge in [-0.15, -0.1) is 0 Å². The first-order valence-corrected chi connectivity index (χ1v) is 10.4. The Balaban J connectivity index is 1.64. The number of hydrogen-bond acceptors (Lipinski definition) is 3. The van der Waals surface area contributed by atoms with Crippen LogP contribution in [0.3, 0.4) is 0 Å². The van der Waals surface area contributed by atoms with E-state index in [1.165, 1.54) is 50.5 Å². The van der Waals surface area contributed by atoms with Crippen LogP contribution in [0.2, 0.25) is 0 Å². The third-order valence-electron chi connectivity index (χ3n) is 5.19. The van der Waals surface area contributed by atoms with Crippen LogP contribution in [-0.2, 0) is 11.2 Å². The number of aliphatic hydroxyl groups excluding tert-OH is 1. The van der Waals surface area contributed by atoms with Crippen molar-refractivity contribution < 1.29 is 14.6 Å². The lowest BCUT2D eigenvalue weighted by Crippen LogP contribution is -2.40. The number of carbonyl (C=O) groups excluding carboxylic acids is 1. The number of carbonyl (C=O) groups is 1. The van der Waals surface area contributed by atoms with Crippen LogP contribution in [0.15, 0.2) is 30.3 Å². The highest BCUT2D eigenvalue weighted by Crippen LogP contribution is 2.19. The molecule has 4 heteroatoms. The van der Waals surface area contributed by atoms with E-state index in [0.717, 1.165) is 19.3 Å². The summed E-state index contributed by atoms with van der Waals surface area (Å²) in [4.78, 5) is 13.7. The van der Waals surface area contributed by atoms with Crippen LogP contribution in [0, 0.1) is 0 Å². The molecule has 0 aliphatic carbocycles. The summed E-state index contributed by atoms with van der Waals surface area (Å²) in [5.41, 5.74) is 1.19. The number of β-amino-alcohol motifs (C(OH)–C–C–N with tert-alkyl or cyclic N) is 1. The largest absolute Gasteiger partial charge is 0.447 e. The second-order valence-corrected chi connectivity index (χ2v) is 7.49. The first kappa shape index (κ1) is 20.8. The van der Waals surface area contributed by atoms with Gasteiger partial charge in [-0.2, -0.15) is 0 Å². The highest BCUT2D eigenvalue weighted by molar-refractivity contribution is 5.70. The molecule has 1 aliphatic heterocycles. The molecule has 2 rings (SSSR count). The molecule has 0 bridgehead atoms. The average molecular weight is 362 g/mol. The smallest absolute Gasteiger partial charge is 0.410 e. The first-order valence-electron chi connectivity index (χ1n) is 10.4. The predicted molar refractivity (Wildman–Crippen MR) is 105 cm³/mol. The van der Waals surface area contributed by atoms with Gasteiger partial charge in [0.05, 0.1) is 18.7 Å². The van der Waals surface area contributed by atoms with Crippen molar-refractivity contribution in [3.63, 3.8) is 0 Å². The van der Waals surface area contributed by atoms with Gasteiger partial charge in [0.1, 0.15) is 6.61 Å². The van der Waals surface area contributed by atoms with Gasteiger partial charge in [-0.25, -0.2) is 4.79 Å². The van der Waals surface area contributed by atoms with E-state index in [9.17, 15) is 9.90 Å². The maximum atomic E-state index is 12.0. The van der Waals surface area contributed by atoms with Crippen LogP contribution in [0.25, 0.3) is 0 Å². The van der Waals surface area contributed by atoms with Crippen LogP contribution in [0.5, 0.6) is 0 Å². The van der Waals surface area contributed by atoms with E-state index in [4.69, 9.17) is 4.74 Å². The Hall–Kier alpha value is -1.55. The summed E-state index contributed by atoms with van der Waals surface area (Å²) in [6, 6.07) is 10.2. The van der Waals surface area contributed by atoms with Crippen LogP contribution in [0.4, 0.5) is 4.79 Å². The van der Waals surface area contributed by atoms with Gasteiger partial charge in [-0.05, 0) is 18.4 Å². The van der Waals surface area contributed by atoms with Crippen LogP contribution in [0.1, 0.15) is 70.3 Å². The van der Waals surface area contributed by atoms with Gasteiger partial charge < -0.3 is 9.84 Å². The fraction of sp³-hybridized carbons (Fsp3) is 0.682. The molecule has 1 heterocycles. The van der Waals surface area contributed by atoms with Crippen molar-refractivity contribution in [1.29, 1.82) is 0 Å². The van der Waals surface area contributed by atoms with Crippen molar-refractivity contribution in [2.24, 2.45) is 0 Å². The minimum Gasteiger partial charge on any atom is -0.447 e. The van der Waals surface area contributed by atoms with Crippen molar-refractivity contribution >= 4 is 6.09 Å². The minimum absolute atomic E-state index is 0.0260. The minimum atomic E-state index is -0.459. The van der Waals surface area contributed by atoms with Crippen molar-refractivity contribution in [2.45, 2.75) is 83.3 Å². The van der Waals surface area contributed by atoms with Gasteiger partial charge >= 0.3 is 6.09 Å². The number of rotatable bonds is 13. The molecule has 1 amide bonds. The Morgan fingerprint density at radius 3 is 2.42 bits per heavy atom. The molecule has 1 aliphatic rings. The summed E-state index contributed by atoms with van der Waals surface area (Å²) >= 11 is 0. The Morgan fingerprint density at radius 2 is 1.73 bits per heavy atom. The number of cyclic esters (lactones) is 1. The fourth-order valence-corrected chi connectivity index (χ4v) is 3.60. The van der Waals surface area contributed by atoms with Gasteiger partial charge in [0, 0.05) is 0 Å². The van der Waals surface area contributed by atoms with Gasteiger partial charge in [0.15, 0.2) is 0 Å². The molecule has 1 fully saturated rings. The molecule has 0 radical (unpaired) electrons. The molecular weight excluding hydrogens is 326 g/mol. The second kappa shape index (κ2) is 11.9. The summed E-state index contributed by atoms with van der Waals surface area (Å²) < 4.78 is 5.22. The number of ether oxygens (including phenoxy) is 1. The Labute approximate surface area is 158 Å². The molecule has 1 aromatic carbocycles. The van der Waals surface area contributed by atoms with E-state index in [0.29, 0.717) is 13.2 Å². The maximum Gasteiger partial charge on any atom is 0.410 e. The summed E-state index contributed by atoms with van der Waals surface area (Å²) in [7, 11) is 0. The van der Waals surface area contributed by atoms with Gasteiger partial charge in [-0.3, -0.25) is 4.90 Å². The zero-order valence-corrected chi connectivity index (χ0v) is 16.2. The Morgan fingerprint density at radius 1 is 1.08 bits per heavy atom. The van der Waals surface area contributed by atoms with Crippen molar-refractivity contribution in [3.05, 3.63) is 35.9 Å². The number of nitrogens with zero attached hydrogens (tertiary/aromatic N) is 1. The van der Waals surface area contributed by atoms with E-state index in [-0.39, 0.29) is 12.1 Å². The molecule has 0 aromatic heterocycles. The lowest BCUT2D eigenvalue weighted by atomic mass is 10.0. The zero-order valence-electron chi connectivity index (χ0n) is 16.2. The maximum absolute atomic E-state index is 12.0. The van der Waals surface area contributed by atoms with Gasteiger partial charge in [-0.1, -0.05) is 88.6 Å². The van der Waals surface area contributed by atoms with Crippen LogP contribution in [-0.4, -0.2) is 41.4 Å². The average Bonchev–Trinajstić information content (AvgIpc) is 2.98. The van der Waals surface area contributed by atoms with Crippen LogP contribution >= 0.6 is 0 Å². The molecule has 0 spiro atoms. The van der Waals surface area contributed by atoms with E-state index < -0.39 is 6.10 Å². The number of benzene rings is 1. The highest BCUT2D eigenvalue weighted by atomic mass is 16.6. The normalized spacial score (nSPS) is 18.2. The third-order valence-corrected chi connectivity index (χ3v) is 5.19. The Bertz CT molecular complexity index is 505. The molecule has 146 valence electrons. The molecular formula is C22H35NO3. The molecule has 4 nitrogen and oxygen atoms in total. The molecule has 1 saturated heterocycles.